The van der Waals surface area contributed by atoms with E-state index in [9.17, 15) is 48.3 Å². The van der Waals surface area contributed by atoms with Gasteiger partial charge in [0.15, 0.2) is 5.96 Å². The van der Waals surface area contributed by atoms with Gasteiger partial charge in [0.25, 0.3) is 23.6 Å². The lowest BCUT2D eigenvalue weighted by Crippen LogP contribution is -2.60. The van der Waals surface area contributed by atoms with Gasteiger partial charge in [-0.3, -0.25) is 48.1 Å². The number of carbonyl (C=O) groups is 9. The van der Waals surface area contributed by atoms with Crippen LogP contribution in [0.5, 0.6) is 0 Å². The summed E-state index contributed by atoms with van der Waals surface area (Å²) < 4.78 is 0. The zero-order valence-electron chi connectivity index (χ0n) is 41.7. The quantitative estimate of drug-likeness (QED) is 0.0173. The van der Waals surface area contributed by atoms with Crippen molar-refractivity contribution in [3.63, 3.8) is 0 Å². The second kappa shape index (κ2) is 33.8. The van der Waals surface area contributed by atoms with E-state index in [2.05, 4.69) is 56.8 Å². The molecule has 1 aliphatic rings. The number of nitrogens with zero attached hydrogens (tertiary/aromatic N) is 5. The summed E-state index contributed by atoms with van der Waals surface area (Å²) in [5, 5.41) is 25.9. The Balaban J connectivity index is 2.26. The van der Waals surface area contributed by atoms with Crippen molar-refractivity contribution in [2.24, 2.45) is 55.1 Å². The fourth-order valence-corrected chi connectivity index (χ4v) is 7.35. The molecule has 9 amide bonds. The Hall–Kier alpha value is -6.79. The molecule has 1 saturated heterocycles. The molecule has 1 aromatic rings. The number of aliphatic imine (C=N–C) groups is 3. The van der Waals surface area contributed by atoms with E-state index in [1.54, 1.807) is 7.05 Å². The highest BCUT2D eigenvalue weighted by atomic mass is 16.3. The van der Waals surface area contributed by atoms with Crippen molar-refractivity contribution < 1.29 is 48.3 Å². The number of aromatic nitrogens is 2. The van der Waals surface area contributed by atoms with Crippen molar-refractivity contribution in [3.05, 3.63) is 18.2 Å². The first-order chi connectivity index (χ1) is 34.8. The number of primary amides is 1. The second-order valence-electron chi connectivity index (χ2n) is 17.3. The summed E-state index contributed by atoms with van der Waals surface area (Å²) in [5.41, 5.74) is 38.9. The minimum absolute atomic E-state index is 0.0293. The summed E-state index contributed by atoms with van der Waals surface area (Å²) in [6.45, 7) is 1.48. The Morgan fingerprint density at radius 1 is 0.822 bits per heavy atom. The molecule has 0 saturated carbocycles. The lowest BCUT2D eigenvalue weighted by Gasteiger charge is -2.27. The van der Waals surface area contributed by atoms with Crippen LogP contribution in [0.3, 0.4) is 0 Å². The maximum atomic E-state index is 14.1. The number of guanidine groups is 1. The molecule has 73 heavy (non-hydrogen) atoms. The third-order valence-electron chi connectivity index (χ3n) is 11.4. The Labute approximate surface area is 423 Å². The van der Waals surface area contributed by atoms with Gasteiger partial charge >= 0.3 is 0 Å². The van der Waals surface area contributed by atoms with Crippen LogP contribution in [0.4, 0.5) is 0 Å². The SMILES string of the molecule is CNCCCC[C@H](NC(=O)[C@H](Cc1cnc[nH]1)NC(=O)[C@@H]1CCCN1C(=O)C(CCCN)=NC(=O)CNC(=O)[C@H](C)NC(=O)[C@@H](NC(=O)[C@@H](N)CCCCN)[C@@H](O)CN)C(=O)N=C(CCCN=C(N)N)C(N)=O. The zero-order chi connectivity index (χ0) is 54.5. The highest BCUT2D eigenvalue weighted by molar-refractivity contribution is 6.41. The molecule has 0 bridgehead atoms. The maximum absolute atomic E-state index is 14.1. The van der Waals surface area contributed by atoms with Gasteiger partial charge in [0, 0.05) is 37.9 Å². The van der Waals surface area contributed by atoms with Crippen molar-refractivity contribution in [3.8, 4) is 0 Å². The Kier molecular flexibility index (Phi) is 28.8. The van der Waals surface area contributed by atoms with Crippen molar-refractivity contribution in [1.82, 2.24) is 46.8 Å². The predicted octanol–water partition coefficient (Wildman–Crippen LogP) is -6.60. The topological polar surface area (TPSA) is 497 Å². The first-order valence-corrected chi connectivity index (χ1v) is 24.3. The molecule has 0 radical (unpaired) electrons. The number of aliphatic hydroxyl groups excluding tert-OH is 1. The fraction of sp³-hybridized carbons (Fsp3) is 0.659. The van der Waals surface area contributed by atoms with E-state index in [0.717, 1.165) is 0 Å². The van der Waals surface area contributed by atoms with E-state index in [0.29, 0.717) is 50.9 Å². The van der Waals surface area contributed by atoms with Crippen molar-refractivity contribution >= 4 is 70.5 Å². The summed E-state index contributed by atoms with van der Waals surface area (Å²) in [5.74, 6) is -7.72. The Bertz CT molecular complexity index is 2080. The molecule has 22 N–H and O–H groups in total. The van der Waals surface area contributed by atoms with Gasteiger partial charge in [-0.2, -0.15) is 0 Å². The second-order valence-corrected chi connectivity index (χ2v) is 17.3. The Morgan fingerprint density at radius 2 is 1.52 bits per heavy atom. The number of nitrogens with two attached hydrogens (primary N) is 7. The number of imidazole rings is 1. The van der Waals surface area contributed by atoms with Crippen LogP contribution in [0.15, 0.2) is 27.5 Å². The normalized spacial score (nSPS) is 16.2. The Morgan fingerprint density at radius 3 is 2.15 bits per heavy atom. The first kappa shape index (κ1) is 62.3. The van der Waals surface area contributed by atoms with Gasteiger partial charge in [0.05, 0.1) is 25.0 Å². The number of aliphatic hydroxyl groups is 1. The van der Waals surface area contributed by atoms with Gasteiger partial charge in [-0.25, -0.2) is 15.0 Å². The molecule has 0 spiro atoms. The molecule has 1 aliphatic heterocycles. The van der Waals surface area contributed by atoms with Crippen LogP contribution in [0, 0.1) is 0 Å². The minimum atomic E-state index is -1.57. The average Bonchev–Trinajstić information content (AvgIpc) is 4.08. The van der Waals surface area contributed by atoms with Gasteiger partial charge in [-0.05, 0) is 104 Å². The molecule has 0 aliphatic carbocycles. The molecular weight excluding hydrogens is 955 g/mol. The van der Waals surface area contributed by atoms with E-state index in [4.69, 9.17) is 40.1 Å². The summed E-state index contributed by atoms with van der Waals surface area (Å²) in [4.78, 5) is 140. The minimum Gasteiger partial charge on any atom is -0.389 e. The van der Waals surface area contributed by atoms with Crippen molar-refractivity contribution in [2.45, 2.75) is 133 Å². The molecule has 0 aromatic carbocycles. The van der Waals surface area contributed by atoms with E-state index in [-0.39, 0.29) is 88.4 Å². The van der Waals surface area contributed by atoms with Gasteiger partial charge in [0.2, 0.25) is 29.5 Å². The van der Waals surface area contributed by atoms with Gasteiger partial charge < -0.3 is 87.0 Å². The molecule has 2 heterocycles. The molecule has 0 unspecified atom stereocenters. The van der Waals surface area contributed by atoms with Gasteiger partial charge in [0.1, 0.15) is 41.6 Å². The van der Waals surface area contributed by atoms with Crippen LogP contribution in [0.1, 0.15) is 89.7 Å². The molecule has 29 nitrogen and oxygen atoms in total. The third-order valence-corrected chi connectivity index (χ3v) is 11.4. The molecule has 2 rings (SSSR count). The smallest absolute Gasteiger partial charge is 0.269 e. The molecule has 29 heteroatoms. The average molecular weight is 1030 g/mol. The number of hydrogen-bond donors (Lipinski definition) is 15. The van der Waals surface area contributed by atoms with Crippen LogP contribution in [-0.2, 0) is 49.6 Å². The van der Waals surface area contributed by atoms with E-state index in [1.807, 2.05) is 0 Å². The number of rotatable bonds is 34. The summed E-state index contributed by atoms with van der Waals surface area (Å²) in [6, 6.07) is -7.57. The van der Waals surface area contributed by atoms with Crippen LogP contribution < -0.4 is 72.0 Å². The molecule has 1 aromatic heterocycles. The van der Waals surface area contributed by atoms with Gasteiger partial charge in [-0.15, -0.1) is 0 Å². The van der Waals surface area contributed by atoms with Gasteiger partial charge in [-0.1, -0.05) is 6.42 Å². The summed E-state index contributed by atoms with van der Waals surface area (Å²) in [6.07, 6.45) is 4.67. The first-order valence-electron chi connectivity index (χ1n) is 24.3. The number of carbonyl (C=O) groups excluding carboxylic acids is 9. The van der Waals surface area contributed by atoms with Crippen LogP contribution in [-0.4, -0.2) is 186 Å². The van der Waals surface area contributed by atoms with E-state index >= 15 is 0 Å². The fourth-order valence-electron chi connectivity index (χ4n) is 7.35. The molecule has 7 atom stereocenters. The number of nitrogens with one attached hydrogen (secondary N) is 7. The van der Waals surface area contributed by atoms with Crippen LogP contribution in [0.2, 0.25) is 0 Å². The number of aromatic amines is 1. The molecular formula is C44H77N19O10. The monoisotopic (exact) mass is 1030 g/mol. The third kappa shape index (κ3) is 22.7. The summed E-state index contributed by atoms with van der Waals surface area (Å²) in [7, 11) is 1.76. The molecule has 1 fully saturated rings. The number of amides is 9. The van der Waals surface area contributed by atoms with Crippen molar-refractivity contribution in [2.75, 3.05) is 52.9 Å². The maximum Gasteiger partial charge on any atom is 0.269 e. The number of likely N-dealkylation sites (tertiary alicyclic amines) is 1. The van der Waals surface area contributed by atoms with Crippen LogP contribution in [0.25, 0.3) is 0 Å². The number of hydrogen-bond acceptors (Lipinski definition) is 17. The lowest BCUT2D eigenvalue weighted by molar-refractivity contribution is -0.136. The van der Waals surface area contributed by atoms with E-state index < -0.39 is 109 Å². The van der Waals surface area contributed by atoms with E-state index in [1.165, 1.54) is 24.3 Å². The highest BCUT2D eigenvalue weighted by Crippen LogP contribution is 2.20. The standard InChI is InChI=1S/C44H77N19O10/c1-25(57-42(72)35(33(64)21-47)62-38(68)27(48)10-3-5-15-45)37(67)55-23-34(65)58-30(12-7-16-46)43(73)63-19-9-14-32(63)41(71)61-31(20-26-22-53-24-56-26)40(70)60-29(11-4-6-17-52-2)39(69)59-28(36(49)66)13-8-18-54-44(50)51/h22,24-25,27,29,31-33,35,52,64H,3-21,23,45-48H2,1-2H3,(H2,49,66)(H,53,56)(H,55,67)(H,57,72)(H,60,70)(H,61,71)(H,62,68)(H4,50,51,54)/t25-,27-,29-,31-,32-,33-,35-/m0/s1. The predicted molar refractivity (Wildman–Crippen MR) is 269 cm³/mol. The largest absolute Gasteiger partial charge is 0.389 e. The lowest BCUT2D eigenvalue weighted by atomic mass is 10.1. The van der Waals surface area contributed by atoms with Crippen LogP contribution >= 0.6 is 0 Å². The van der Waals surface area contributed by atoms with Crippen molar-refractivity contribution in [1.29, 1.82) is 0 Å². The number of unbranched alkanes of at least 4 members (excludes halogenated alkanes) is 2. The zero-order valence-corrected chi connectivity index (χ0v) is 41.7. The number of H-pyrrole nitrogens is 1. The summed E-state index contributed by atoms with van der Waals surface area (Å²) >= 11 is 0. The highest BCUT2D eigenvalue weighted by Gasteiger charge is 2.38. The molecule has 408 valence electrons.